The smallest absolute Gasteiger partial charge is 0.306 e. The van der Waals surface area contributed by atoms with Crippen molar-refractivity contribution in [1.82, 2.24) is 4.90 Å². The lowest BCUT2D eigenvalue weighted by atomic mass is 9.68. The Hall–Kier alpha value is -1.06. The van der Waals surface area contributed by atoms with E-state index < -0.39 is 5.97 Å². The molecule has 0 aromatic carbocycles. The summed E-state index contributed by atoms with van der Waals surface area (Å²) in [5.41, 5.74) is 0.0820. The topological polar surface area (TPSA) is 57.6 Å². The lowest BCUT2D eigenvalue weighted by Gasteiger charge is -2.44. The Bertz CT molecular complexity index is 391. The maximum Gasteiger partial charge on any atom is 0.306 e. The number of hydrogen-bond donors (Lipinski definition) is 1. The summed E-state index contributed by atoms with van der Waals surface area (Å²) in [5.74, 6) is -0.638. The van der Waals surface area contributed by atoms with Crippen LogP contribution in [0.1, 0.15) is 59.3 Å². The van der Waals surface area contributed by atoms with Gasteiger partial charge in [0.25, 0.3) is 0 Å². The fourth-order valence-electron chi connectivity index (χ4n) is 3.88. The second kappa shape index (κ2) is 5.74. The molecule has 1 saturated heterocycles. The molecule has 0 aromatic heterocycles. The predicted molar refractivity (Wildman–Crippen MR) is 77.3 cm³/mol. The van der Waals surface area contributed by atoms with Crippen molar-refractivity contribution in [3.8, 4) is 0 Å². The van der Waals surface area contributed by atoms with Gasteiger partial charge >= 0.3 is 5.97 Å². The van der Waals surface area contributed by atoms with E-state index in [-0.39, 0.29) is 29.2 Å². The van der Waals surface area contributed by atoms with Crippen LogP contribution in [0.25, 0.3) is 0 Å². The Morgan fingerprint density at radius 1 is 1.20 bits per heavy atom. The van der Waals surface area contributed by atoms with E-state index in [2.05, 4.69) is 13.8 Å². The van der Waals surface area contributed by atoms with Gasteiger partial charge in [-0.25, -0.2) is 0 Å². The molecule has 0 spiro atoms. The molecule has 1 N–H and O–H groups in total. The lowest BCUT2D eigenvalue weighted by Crippen LogP contribution is -2.51. The van der Waals surface area contributed by atoms with Gasteiger partial charge in [-0.1, -0.05) is 26.7 Å². The molecule has 0 radical (unpaired) electrons. The molecular formula is C16H27NO3. The first-order valence-corrected chi connectivity index (χ1v) is 7.86. The minimum atomic E-state index is -0.720. The van der Waals surface area contributed by atoms with E-state index >= 15 is 0 Å². The van der Waals surface area contributed by atoms with Crippen molar-refractivity contribution in [2.24, 2.45) is 17.3 Å². The molecule has 4 nitrogen and oxygen atoms in total. The molecule has 114 valence electrons. The minimum absolute atomic E-state index is 0.0510. The highest BCUT2D eigenvalue weighted by atomic mass is 16.4. The van der Waals surface area contributed by atoms with Gasteiger partial charge in [0, 0.05) is 18.5 Å². The second-order valence-corrected chi connectivity index (χ2v) is 7.23. The van der Waals surface area contributed by atoms with Gasteiger partial charge in [0.05, 0.1) is 5.92 Å². The summed E-state index contributed by atoms with van der Waals surface area (Å²) in [6.45, 7) is 6.99. The summed E-state index contributed by atoms with van der Waals surface area (Å²) in [6, 6.07) is 0.0510. The highest BCUT2D eigenvalue weighted by molar-refractivity contribution is 5.80. The molecule has 1 heterocycles. The lowest BCUT2D eigenvalue weighted by molar-refractivity contribution is -0.151. The average molecular weight is 281 g/mol. The minimum Gasteiger partial charge on any atom is -0.481 e. The molecule has 0 aromatic rings. The third kappa shape index (κ3) is 2.99. The molecule has 2 aliphatic rings. The summed E-state index contributed by atoms with van der Waals surface area (Å²) < 4.78 is 0. The van der Waals surface area contributed by atoms with Gasteiger partial charge in [-0.3, -0.25) is 9.59 Å². The summed E-state index contributed by atoms with van der Waals surface area (Å²) in [6.07, 6.45) is 5.64. The van der Waals surface area contributed by atoms with Crippen molar-refractivity contribution in [3.05, 3.63) is 0 Å². The third-order valence-corrected chi connectivity index (χ3v) is 5.31. The van der Waals surface area contributed by atoms with E-state index in [1.54, 1.807) is 0 Å². The fraction of sp³-hybridized carbons (Fsp3) is 0.875. The Morgan fingerprint density at radius 3 is 2.45 bits per heavy atom. The summed E-state index contributed by atoms with van der Waals surface area (Å²) in [7, 11) is 0. The number of carbonyl (C=O) groups excluding carboxylic acids is 1. The van der Waals surface area contributed by atoms with E-state index in [9.17, 15) is 9.59 Å². The van der Waals surface area contributed by atoms with Crippen LogP contribution in [0.5, 0.6) is 0 Å². The van der Waals surface area contributed by atoms with Crippen LogP contribution in [-0.2, 0) is 9.59 Å². The summed E-state index contributed by atoms with van der Waals surface area (Å²) in [4.78, 5) is 25.9. The molecule has 1 saturated carbocycles. The van der Waals surface area contributed by atoms with Crippen LogP contribution in [0, 0.1) is 17.3 Å². The van der Waals surface area contributed by atoms with Gasteiger partial charge in [0.15, 0.2) is 0 Å². The molecule has 1 amide bonds. The fourth-order valence-corrected chi connectivity index (χ4v) is 3.88. The Labute approximate surface area is 121 Å². The largest absolute Gasteiger partial charge is 0.481 e. The van der Waals surface area contributed by atoms with Gasteiger partial charge in [-0.2, -0.15) is 0 Å². The number of rotatable bonds is 2. The van der Waals surface area contributed by atoms with Gasteiger partial charge in [-0.15, -0.1) is 0 Å². The van der Waals surface area contributed by atoms with Crippen LogP contribution in [-0.4, -0.2) is 34.5 Å². The van der Waals surface area contributed by atoms with E-state index in [1.807, 2.05) is 11.8 Å². The molecule has 2 rings (SSSR count). The number of piperidine rings is 1. The van der Waals surface area contributed by atoms with Crippen LogP contribution in [0.15, 0.2) is 0 Å². The molecule has 1 aliphatic heterocycles. The first-order chi connectivity index (χ1) is 9.33. The predicted octanol–water partition coefficient (Wildman–Crippen LogP) is 2.91. The van der Waals surface area contributed by atoms with Crippen LogP contribution in [0.3, 0.4) is 0 Å². The zero-order valence-corrected chi connectivity index (χ0v) is 12.9. The molecular weight excluding hydrogens is 254 g/mol. The zero-order chi connectivity index (χ0) is 14.9. The third-order valence-electron chi connectivity index (χ3n) is 5.31. The van der Waals surface area contributed by atoms with Crippen molar-refractivity contribution in [2.75, 3.05) is 6.54 Å². The normalized spacial score (nSPS) is 33.8. The van der Waals surface area contributed by atoms with Crippen molar-refractivity contribution >= 4 is 11.9 Å². The van der Waals surface area contributed by atoms with Gasteiger partial charge in [-0.05, 0) is 38.0 Å². The van der Waals surface area contributed by atoms with Crippen LogP contribution >= 0.6 is 0 Å². The highest BCUT2D eigenvalue weighted by Gasteiger charge is 2.42. The standard InChI is InChI=1S/C16H27NO3/c1-11-10-12(15(19)20)7-9-17(11)14(18)13-6-4-5-8-16(13,2)3/h11-13H,4-10H2,1-3H3,(H,19,20). The number of carbonyl (C=O) groups is 2. The number of likely N-dealkylation sites (tertiary alicyclic amines) is 1. The SMILES string of the molecule is CC1CC(C(=O)O)CCN1C(=O)C1CCCCC1(C)C. The van der Waals surface area contributed by atoms with Crippen molar-refractivity contribution in [2.45, 2.75) is 65.3 Å². The maximum atomic E-state index is 12.8. The molecule has 2 fully saturated rings. The number of carboxylic acids is 1. The van der Waals surface area contributed by atoms with Crippen molar-refractivity contribution in [3.63, 3.8) is 0 Å². The summed E-state index contributed by atoms with van der Waals surface area (Å²) >= 11 is 0. The Kier molecular flexibility index (Phi) is 4.40. The van der Waals surface area contributed by atoms with Crippen LogP contribution < -0.4 is 0 Å². The van der Waals surface area contributed by atoms with Gasteiger partial charge < -0.3 is 10.0 Å². The first-order valence-electron chi connectivity index (χ1n) is 7.86. The molecule has 20 heavy (non-hydrogen) atoms. The van der Waals surface area contributed by atoms with E-state index in [1.165, 1.54) is 6.42 Å². The number of nitrogens with zero attached hydrogens (tertiary/aromatic N) is 1. The molecule has 1 aliphatic carbocycles. The van der Waals surface area contributed by atoms with Crippen LogP contribution in [0.4, 0.5) is 0 Å². The molecule has 4 heteroatoms. The van der Waals surface area contributed by atoms with Crippen molar-refractivity contribution < 1.29 is 14.7 Å². The number of amides is 1. The Balaban J connectivity index is 2.04. The molecule has 3 atom stereocenters. The Morgan fingerprint density at radius 2 is 1.90 bits per heavy atom. The van der Waals surface area contributed by atoms with Gasteiger partial charge in [0.2, 0.25) is 5.91 Å². The van der Waals surface area contributed by atoms with Crippen molar-refractivity contribution in [1.29, 1.82) is 0 Å². The van der Waals surface area contributed by atoms with Crippen LogP contribution in [0.2, 0.25) is 0 Å². The zero-order valence-electron chi connectivity index (χ0n) is 12.9. The quantitative estimate of drug-likeness (QED) is 0.846. The molecule has 0 bridgehead atoms. The number of aliphatic carboxylic acids is 1. The van der Waals surface area contributed by atoms with E-state index in [4.69, 9.17) is 5.11 Å². The first kappa shape index (κ1) is 15.3. The second-order valence-electron chi connectivity index (χ2n) is 7.23. The average Bonchev–Trinajstić information content (AvgIpc) is 2.37. The number of carboxylic acid groups (broad SMARTS) is 1. The highest BCUT2D eigenvalue weighted by Crippen LogP contribution is 2.42. The maximum absolute atomic E-state index is 12.8. The number of hydrogen-bond acceptors (Lipinski definition) is 2. The monoisotopic (exact) mass is 281 g/mol. The van der Waals surface area contributed by atoms with Gasteiger partial charge in [0.1, 0.15) is 0 Å². The summed E-state index contributed by atoms with van der Waals surface area (Å²) in [5, 5.41) is 9.11. The molecule has 3 unspecified atom stereocenters. The van der Waals surface area contributed by atoms with E-state index in [0.29, 0.717) is 19.4 Å². The van der Waals surface area contributed by atoms with E-state index in [0.717, 1.165) is 19.3 Å².